The van der Waals surface area contributed by atoms with Gasteiger partial charge in [-0.15, -0.1) is 0 Å². The average molecular weight is 270 g/mol. The second kappa shape index (κ2) is 8.41. The van der Waals surface area contributed by atoms with E-state index in [1.165, 1.54) is 12.1 Å². The van der Waals surface area contributed by atoms with Gasteiger partial charge in [0, 0.05) is 13.2 Å². The highest BCUT2D eigenvalue weighted by Gasteiger charge is 2.11. The van der Waals surface area contributed by atoms with Gasteiger partial charge in [0.1, 0.15) is 5.69 Å². The maximum absolute atomic E-state index is 10.7. The van der Waals surface area contributed by atoms with Gasteiger partial charge >= 0.3 is 0 Å². The lowest BCUT2D eigenvalue weighted by Crippen LogP contribution is -2.08. The van der Waals surface area contributed by atoms with E-state index in [1.807, 2.05) is 0 Å². The topological polar surface area (TPSA) is 96.8 Å². The van der Waals surface area contributed by atoms with Crippen LogP contribution in [-0.2, 0) is 20.8 Å². The second-order valence-corrected chi connectivity index (χ2v) is 3.81. The first-order valence-electron chi connectivity index (χ1n) is 5.82. The molecule has 106 valence electrons. The Hall–Kier alpha value is -1.70. The molecule has 0 aliphatic carbocycles. The molecule has 0 radical (unpaired) electrons. The summed E-state index contributed by atoms with van der Waals surface area (Å²) >= 11 is 0. The molecule has 0 atom stereocenters. The van der Waals surface area contributed by atoms with Crippen molar-refractivity contribution in [3.8, 4) is 0 Å². The third-order valence-electron chi connectivity index (χ3n) is 2.36. The molecule has 0 heterocycles. The van der Waals surface area contributed by atoms with E-state index in [-0.39, 0.29) is 18.0 Å². The smallest absolute Gasteiger partial charge is 0.292 e. The van der Waals surface area contributed by atoms with E-state index in [9.17, 15) is 10.1 Å². The number of benzene rings is 1. The van der Waals surface area contributed by atoms with Crippen LogP contribution >= 0.6 is 0 Å². The molecule has 0 aliphatic heterocycles. The second-order valence-electron chi connectivity index (χ2n) is 3.81. The van der Waals surface area contributed by atoms with Crippen molar-refractivity contribution in [2.75, 3.05) is 39.3 Å². The van der Waals surface area contributed by atoms with Crippen molar-refractivity contribution in [3.05, 3.63) is 33.9 Å². The van der Waals surface area contributed by atoms with Crippen LogP contribution in [0.2, 0.25) is 0 Å². The number of nitro benzene ring substituents is 1. The van der Waals surface area contributed by atoms with Gasteiger partial charge in [0.05, 0.1) is 38.0 Å². The summed E-state index contributed by atoms with van der Waals surface area (Å²) in [6.45, 7) is 2.23. The summed E-state index contributed by atoms with van der Waals surface area (Å²) in [5.74, 6) is 0. The van der Waals surface area contributed by atoms with Crippen LogP contribution in [0.15, 0.2) is 18.2 Å². The average Bonchev–Trinajstić information content (AvgIpc) is 2.39. The third kappa shape index (κ3) is 5.64. The first-order valence-corrected chi connectivity index (χ1v) is 5.82. The standard InChI is InChI=1S/C12H18N2O5/c1-17-4-5-18-6-7-19-9-10-2-3-11(13)12(8-10)14(15)16/h2-3,8H,4-7,9,13H2,1H3. The lowest BCUT2D eigenvalue weighted by atomic mass is 10.2. The number of nitro groups is 1. The van der Waals surface area contributed by atoms with Gasteiger partial charge in [-0.25, -0.2) is 0 Å². The highest BCUT2D eigenvalue weighted by Crippen LogP contribution is 2.22. The first-order chi connectivity index (χ1) is 9.15. The number of nitrogens with two attached hydrogens (primary N) is 1. The number of methoxy groups -OCH3 is 1. The summed E-state index contributed by atoms with van der Waals surface area (Å²) < 4.78 is 15.4. The fraction of sp³-hybridized carbons (Fsp3) is 0.500. The number of ether oxygens (including phenoxy) is 3. The molecule has 0 saturated carbocycles. The van der Waals surface area contributed by atoms with Crippen molar-refractivity contribution in [1.82, 2.24) is 0 Å². The Labute approximate surface area is 111 Å². The maximum atomic E-state index is 10.7. The molecule has 0 amide bonds. The van der Waals surface area contributed by atoms with E-state index in [4.69, 9.17) is 19.9 Å². The SMILES string of the molecule is COCCOCCOCc1ccc(N)c([N+](=O)[O-])c1. The first kappa shape index (κ1) is 15.4. The highest BCUT2D eigenvalue weighted by molar-refractivity contribution is 5.59. The summed E-state index contributed by atoms with van der Waals surface area (Å²) in [4.78, 5) is 10.2. The van der Waals surface area contributed by atoms with Crippen molar-refractivity contribution < 1.29 is 19.1 Å². The van der Waals surface area contributed by atoms with E-state index in [1.54, 1.807) is 13.2 Å². The molecule has 0 fully saturated rings. The summed E-state index contributed by atoms with van der Waals surface area (Å²) in [6.07, 6.45) is 0. The summed E-state index contributed by atoms with van der Waals surface area (Å²) in [6, 6.07) is 4.63. The lowest BCUT2D eigenvalue weighted by molar-refractivity contribution is -0.384. The van der Waals surface area contributed by atoms with Gasteiger partial charge in [0.2, 0.25) is 0 Å². The summed E-state index contributed by atoms with van der Waals surface area (Å²) in [5.41, 5.74) is 6.26. The molecule has 7 heteroatoms. The predicted molar refractivity (Wildman–Crippen MR) is 69.9 cm³/mol. The van der Waals surface area contributed by atoms with E-state index in [2.05, 4.69) is 0 Å². The Morgan fingerprint density at radius 1 is 1.21 bits per heavy atom. The van der Waals surface area contributed by atoms with Gasteiger partial charge in [-0.2, -0.15) is 0 Å². The zero-order valence-corrected chi connectivity index (χ0v) is 10.8. The molecule has 1 rings (SSSR count). The van der Waals surface area contributed by atoms with Crippen LogP contribution in [0.1, 0.15) is 5.56 Å². The molecule has 0 aromatic heterocycles. The molecule has 1 aromatic carbocycles. The van der Waals surface area contributed by atoms with Crippen LogP contribution in [0.5, 0.6) is 0 Å². The molecule has 7 nitrogen and oxygen atoms in total. The molecular weight excluding hydrogens is 252 g/mol. The van der Waals surface area contributed by atoms with Crippen molar-refractivity contribution in [2.24, 2.45) is 0 Å². The Morgan fingerprint density at radius 3 is 2.58 bits per heavy atom. The highest BCUT2D eigenvalue weighted by atomic mass is 16.6. The van der Waals surface area contributed by atoms with Crippen LogP contribution in [0.3, 0.4) is 0 Å². The molecule has 0 saturated heterocycles. The minimum atomic E-state index is -0.507. The lowest BCUT2D eigenvalue weighted by Gasteiger charge is -2.06. The van der Waals surface area contributed by atoms with Gasteiger partial charge < -0.3 is 19.9 Å². The maximum Gasteiger partial charge on any atom is 0.292 e. The predicted octanol–water partition coefficient (Wildman–Crippen LogP) is 1.36. The molecule has 1 aromatic rings. The van der Waals surface area contributed by atoms with Crippen molar-refractivity contribution >= 4 is 11.4 Å². The molecular formula is C12H18N2O5. The number of rotatable bonds is 9. The molecule has 0 aliphatic rings. The van der Waals surface area contributed by atoms with Gasteiger partial charge in [0.15, 0.2) is 0 Å². The minimum Gasteiger partial charge on any atom is -0.393 e. The number of hydrogen-bond donors (Lipinski definition) is 1. The zero-order chi connectivity index (χ0) is 14.1. The molecule has 19 heavy (non-hydrogen) atoms. The monoisotopic (exact) mass is 270 g/mol. The van der Waals surface area contributed by atoms with Crippen molar-refractivity contribution in [1.29, 1.82) is 0 Å². The van der Waals surface area contributed by atoms with Gasteiger partial charge in [-0.05, 0) is 11.6 Å². The Morgan fingerprint density at radius 2 is 1.89 bits per heavy atom. The normalized spacial score (nSPS) is 10.6. The van der Waals surface area contributed by atoms with E-state index >= 15 is 0 Å². The Kier molecular flexibility index (Phi) is 6.80. The van der Waals surface area contributed by atoms with Crippen LogP contribution in [-0.4, -0.2) is 38.5 Å². The van der Waals surface area contributed by atoms with Crippen LogP contribution < -0.4 is 5.73 Å². The van der Waals surface area contributed by atoms with Gasteiger partial charge in [0.25, 0.3) is 5.69 Å². The fourth-order valence-electron chi connectivity index (χ4n) is 1.39. The molecule has 2 N–H and O–H groups in total. The van der Waals surface area contributed by atoms with E-state index in [0.717, 1.165) is 0 Å². The number of nitrogen functional groups attached to an aromatic ring is 1. The van der Waals surface area contributed by atoms with Gasteiger partial charge in [-0.1, -0.05) is 6.07 Å². The Bertz CT molecular complexity index is 411. The van der Waals surface area contributed by atoms with Gasteiger partial charge in [-0.3, -0.25) is 10.1 Å². The largest absolute Gasteiger partial charge is 0.393 e. The summed E-state index contributed by atoms with van der Waals surface area (Å²) in [5, 5.41) is 10.7. The minimum absolute atomic E-state index is 0.0996. The third-order valence-corrected chi connectivity index (χ3v) is 2.36. The van der Waals surface area contributed by atoms with Crippen molar-refractivity contribution in [3.63, 3.8) is 0 Å². The molecule has 0 spiro atoms. The van der Waals surface area contributed by atoms with Crippen LogP contribution in [0.4, 0.5) is 11.4 Å². The number of anilines is 1. The fourth-order valence-corrected chi connectivity index (χ4v) is 1.39. The van der Waals surface area contributed by atoms with Crippen molar-refractivity contribution in [2.45, 2.75) is 6.61 Å². The summed E-state index contributed by atoms with van der Waals surface area (Å²) in [7, 11) is 1.61. The zero-order valence-electron chi connectivity index (χ0n) is 10.8. The van der Waals surface area contributed by atoms with Crippen LogP contribution in [0.25, 0.3) is 0 Å². The molecule has 0 unspecified atom stereocenters. The Balaban J connectivity index is 2.30. The quantitative estimate of drug-likeness (QED) is 0.315. The number of hydrogen-bond acceptors (Lipinski definition) is 6. The number of nitrogens with zero attached hydrogens (tertiary/aromatic N) is 1. The molecule has 0 bridgehead atoms. The van der Waals surface area contributed by atoms with E-state index < -0.39 is 4.92 Å². The van der Waals surface area contributed by atoms with E-state index in [0.29, 0.717) is 32.0 Å². The van der Waals surface area contributed by atoms with Crippen LogP contribution in [0, 0.1) is 10.1 Å².